The Labute approximate surface area is 121 Å². The standard InChI is InChI=1S/C17H23N3/c1-13-10-17(8-7-15(13)11-14(2)18)20(3)12-16-6-4-5-9-19-16/h4-10,14H,11-12,18H2,1-3H3. The second-order valence-corrected chi connectivity index (χ2v) is 5.47. The molecule has 20 heavy (non-hydrogen) atoms. The van der Waals surface area contributed by atoms with Crippen LogP contribution in [0, 0.1) is 6.92 Å². The van der Waals surface area contributed by atoms with Gasteiger partial charge in [0.25, 0.3) is 0 Å². The molecule has 0 spiro atoms. The van der Waals surface area contributed by atoms with Crippen molar-refractivity contribution >= 4 is 5.69 Å². The zero-order chi connectivity index (χ0) is 14.5. The van der Waals surface area contributed by atoms with Crippen LogP contribution >= 0.6 is 0 Å². The van der Waals surface area contributed by atoms with Gasteiger partial charge in [-0.2, -0.15) is 0 Å². The number of nitrogens with zero attached hydrogens (tertiary/aromatic N) is 2. The lowest BCUT2D eigenvalue weighted by molar-refractivity contribution is 0.734. The summed E-state index contributed by atoms with van der Waals surface area (Å²) < 4.78 is 0. The SMILES string of the molecule is Cc1cc(N(C)Cc2ccccn2)ccc1CC(C)N. The number of nitrogens with two attached hydrogens (primary N) is 1. The van der Waals surface area contributed by atoms with Gasteiger partial charge in [0.05, 0.1) is 12.2 Å². The van der Waals surface area contributed by atoms with E-state index in [1.807, 2.05) is 31.3 Å². The molecule has 1 atom stereocenters. The molecule has 0 aliphatic carbocycles. The predicted molar refractivity (Wildman–Crippen MR) is 84.9 cm³/mol. The van der Waals surface area contributed by atoms with Gasteiger partial charge in [0, 0.05) is 25.0 Å². The number of hydrogen-bond acceptors (Lipinski definition) is 3. The first-order valence-electron chi connectivity index (χ1n) is 7.02. The maximum atomic E-state index is 5.87. The van der Waals surface area contributed by atoms with Crippen molar-refractivity contribution in [2.24, 2.45) is 5.73 Å². The van der Waals surface area contributed by atoms with E-state index in [0.717, 1.165) is 18.7 Å². The molecule has 1 aromatic heterocycles. The molecule has 0 bridgehead atoms. The predicted octanol–water partition coefficient (Wildman–Crippen LogP) is 2.92. The molecule has 106 valence electrons. The van der Waals surface area contributed by atoms with Gasteiger partial charge in [-0.1, -0.05) is 12.1 Å². The van der Waals surface area contributed by atoms with Gasteiger partial charge in [0.1, 0.15) is 0 Å². The quantitative estimate of drug-likeness (QED) is 0.907. The van der Waals surface area contributed by atoms with Crippen molar-refractivity contribution in [3.63, 3.8) is 0 Å². The van der Waals surface area contributed by atoms with E-state index in [0.29, 0.717) is 0 Å². The minimum atomic E-state index is 0.200. The molecule has 0 saturated heterocycles. The zero-order valence-electron chi connectivity index (χ0n) is 12.5. The molecule has 2 aromatic rings. The van der Waals surface area contributed by atoms with Gasteiger partial charge in [-0.3, -0.25) is 4.98 Å². The topological polar surface area (TPSA) is 42.2 Å². The molecule has 0 amide bonds. The summed E-state index contributed by atoms with van der Waals surface area (Å²) >= 11 is 0. The van der Waals surface area contributed by atoms with Crippen LogP contribution < -0.4 is 10.6 Å². The fraction of sp³-hybridized carbons (Fsp3) is 0.353. The average molecular weight is 269 g/mol. The van der Waals surface area contributed by atoms with E-state index in [4.69, 9.17) is 5.73 Å². The van der Waals surface area contributed by atoms with Crippen LogP contribution in [0.15, 0.2) is 42.6 Å². The van der Waals surface area contributed by atoms with Gasteiger partial charge < -0.3 is 10.6 Å². The summed E-state index contributed by atoms with van der Waals surface area (Å²) in [5, 5.41) is 0. The van der Waals surface area contributed by atoms with Crippen LogP contribution in [0.5, 0.6) is 0 Å². The van der Waals surface area contributed by atoms with Gasteiger partial charge in [-0.25, -0.2) is 0 Å². The van der Waals surface area contributed by atoms with E-state index < -0.39 is 0 Å². The molecule has 0 aliphatic rings. The molecule has 0 radical (unpaired) electrons. The van der Waals surface area contributed by atoms with Gasteiger partial charge in [-0.05, 0) is 55.7 Å². The molecule has 1 heterocycles. The Morgan fingerprint density at radius 3 is 2.65 bits per heavy atom. The highest BCUT2D eigenvalue weighted by atomic mass is 15.1. The maximum absolute atomic E-state index is 5.87. The first kappa shape index (κ1) is 14.5. The Hall–Kier alpha value is -1.87. The Bertz CT molecular complexity index is 549. The van der Waals surface area contributed by atoms with Crippen LogP contribution in [0.3, 0.4) is 0 Å². The fourth-order valence-corrected chi connectivity index (χ4v) is 2.32. The molecular weight excluding hydrogens is 246 g/mol. The third kappa shape index (κ3) is 3.81. The second kappa shape index (κ2) is 6.53. The molecule has 2 rings (SSSR count). The summed E-state index contributed by atoms with van der Waals surface area (Å²) in [4.78, 5) is 6.58. The highest BCUT2D eigenvalue weighted by Gasteiger charge is 2.07. The molecule has 2 N–H and O–H groups in total. The molecule has 1 aromatic carbocycles. The lowest BCUT2D eigenvalue weighted by Gasteiger charge is -2.20. The van der Waals surface area contributed by atoms with E-state index in [-0.39, 0.29) is 6.04 Å². The van der Waals surface area contributed by atoms with Gasteiger partial charge >= 0.3 is 0 Å². The minimum absolute atomic E-state index is 0.200. The van der Waals surface area contributed by atoms with Crippen LogP contribution in [-0.2, 0) is 13.0 Å². The number of rotatable bonds is 5. The Kier molecular flexibility index (Phi) is 4.74. The monoisotopic (exact) mass is 269 g/mol. The van der Waals surface area contributed by atoms with Gasteiger partial charge in [0.15, 0.2) is 0 Å². The summed E-state index contributed by atoms with van der Waals surface area (Å²) in [6.45, 7) is 5.00. The summed E-state index contributed by atoms with van der Waals surface area (Å²) in [5.74, 6) is 0. The smallest absolute Gasteiger partial charge is 0.0598 e. The Morgan fingerprint density at radius 1 is 1.25 bits per heavy atom. The van der Waals surface area contributed by atoms with Crippen molar-refractivity contribution in [2.75, 3.05) is 11.9 Å². The summed E-state index contributed by atoms with van der Waals surface area (Å²) in [6.07, 6.45) is 2.76. The lowest BCUT2D eigenvalue weighted by Crippen LogP contribution is -2.19. The summed E-state index contributed by atoms with van der Waals surface area (Å²) in [5.41, 5.74) is 10.8. The molecule has 3 heteroatoms. The van der Waals surface area contributed by atoms with Crippen LogP contribution in [0.1, 0.15) is 23.7 Å². The number of pyridine rings is 1. The fourth-order valence-electron chi connectivity index (χ4n) is 2.32. The second-order valence-electron chi connectivity index (χ2n) is 5.47. The third-order valence-corrected chi connectivity index (χ3v) is 3.43. The normalized spacial score (nSPS) is 12.2. The number of aryl methyl sites for hydroxylation is 1. The van der Waals surface area contributed by atoms with Crippen molar-refractivity contribution < 1.29 is 0 Å². The molecule has 3 nitrogen and oxygen atoms in total. The highest BCUT2D eigenvalue weighted by molar-refractivity contribution is 5.50. The van der Waals surface area contributed by atoms with Crippen LogP contribution in [0.25, 0.3) is 0 Å². The summed E-state index contributed by atoms with van der Waals surface area (Å²) in [6, 6.07) is 12.8. The van der Waals surface area contributed by atoms with E-state index in [9.17, 15) is 0 Å². The van der Waals surface area contributed by atoms with Crippen molar-refractivity contribution in [3.8, 4) is 0 Å². The summed E-state index contributed by atoms with van der Waals surface area (Å²) in [7, 11) is 2.09. The highest BCUT2D eigenvalue weighted by Crippen LogP contribution is 2.20. The Balaban J connectivity index is 2.11. The van der Waals surface area contributed by atoms with Crippen molar-refractivity contribution in [2.45, 2.75) is 32.9 Å². The van der Waals surface area contributed by atoms with Crippen molar-refractivity contribution in [1.29, 1.82) is 0 Å². The van der Waals surface area contributed by atoms with Gasteiger partial charge in [0.2, 0.25) is 0 Å². The molecular formula is C17H23N3. The maximum Gasteiger partial charge on any atom is 0.0598 e. The molecule has 0 saturated carbocycles. The van der Waals surface area contributed by atoms with Gasteiger partial charge in [-0.15, -0.1) is 0 Å². The average Bonchev–Trinajstić information content (AvgIpc) is 2.41. The number of hydrogen-bond donors (Lipinski definition) is 1. The van der Waals surface area contributed by atoms with Crippen molar-refractivity contribution in [1.82, 2.24) is 4.98 Å². The largest absolute Gasteiger partial charge is 0.369 e. The molecule has 0 aliphatic heterocycles. The van der Waals surface area contributed by atoms with E-state index in [1.165, 1.54) is 16.8 Å². The number of aromatic nitrogens is 1. The first-order chi connectivity index (χ1) is 9.56. The van der Waals surface area contributed by atoms with E-state index >= 15 is 0 Å². The zero-order valence-corrected chi connectivity index (χ0v) is 12.5. The van der Waals surface area contributed by atoms with Crippen LogP contribution in [0.2, 0.25) is 0 Å². The lowest BCUT2D eigenvalue weighted by atomic mass is 10.0. The molecule has 0 fully saturated rings. The third-order valence-electron chi connectivity index (χ3n) is 3.43. The minimum Gasteiger partial charge on any atom is -0.369 e. The van der Waals surface area contributed by atoms with E-state index in [1.54, 1.807) is 0 Å². The molecule has 1 unspecified atom stereocenters. The number of anilines is 1. The first-order valence-corrected chi connectivity index (χ1v) is 7.02. The Morgan fingerprint density at radius 2 is 2.05 bits per heavy atom. The van der Waals surface area contributed by atoms with Crippen LogP contribution in [0.4, 0.5) is 5.69 Å². The van der Waals surface area contributed by atoms with E-state index in [2.05, 4.69) is 42.1 Å². The van der Waals surface area contributed by atoms with Crippen LogP contribution in [-0.4, -0.2) is 18.1 Å². The van der Waals surface area contributed by atoms with Crippen molar-refractivity contribution in [3.05, 3.63) is 59.4 Å². The number of benzene rings is 1.